The summed E-state index contributed by atoms with van der Waals surface area (Å²) in [5.41, 5.74) is 1.27. The summed E-state index contributed by atoms with van der Waals surface area (Å²) in [7, 11) is 0. The molecule has 0 aliphatic carbocycles. The summed E-state index contributed by atoms with van der Waals surface area (Å²) in [5.74, 6) is 0.972. The molecule has 5 heteroatoms. The lowest BCUT2D eigenvalue weighted by Crippen LogP contribution is -2.50. The highest BCUT2D eigenvalue weighted by Crippen LogP contribution is 2.33. The molecule has 2 atom stereocenters. The van der Waals surface area contributed by atoms with Gasteiger partial charge in [0.2, 0.25) is 0 Å². The molecule has 2 saturated heterocycles. The van der Waals surface area contributed by atoms with Gasteiger partial charge in [0.15, 0.2) is 0 Å². The van der Waals surface area contributed by atoms with E-state index in [2.05, 4.69) is 29.2 Å². The molecule has 3 heterocycles. The molecule has 0 N–H and O–H groups in total. The maximum absolute atomic E-state index is 13.0. The Morgan fingerprint density at radius 1 is 1.12 bits per heavy atom. The van der Waals surface area contributed by atoms with E-state index in [0.717, 1.165) is 38.2 Å². The van der Waals surface area contributed by atoms with Crippen LogP contribution in [0.4, 0.5) is 0 Å². The van der Waals surface area contributed by atoms with Gasteiger partial charge in [0.05, 0.1) is 18.9 Å². The molecule has 1 amide bonds. The van der Waals surface area contributed by atoms with Gasteiger partial charge in [-0.25, -0.2) is 0 Å². The van der Waals surface area contributed by atoms with Gasteiger partial charge < -0.3 is 14.1 Å². The Morgan fingerprint density at radius 3 is 2.80 bits per heavy atom. The quantitative estimate of drug-likeness (QED) is 0.859. The maximum Gasteiger partial charge on any atom is 0.253 e. The minimum Gasteiger partial charge on any atom is -0.467 e. The van der Waals surface area contributed by atoms with Crippen LogP contribution in [-0.4, -0.2) is 48.1 Å². The zero-order valence-electron chi connectivity index (χ0n) is 14.3. The standard InChI is InChI=1S/C20H24N2O3/c23-20(22-10-4-8-17(22)18-9-5-12-24-18)19-15-21(11-13-25-19)14-16-6-2-1-3-7-16/h1-3,5-7,9,12,17,19H,4,8,10-11,13-15H2/t17-,19+/m0/s1. The van der Waals surface area contributed by atoms with Gasteiger partial charge in [-0.05, 0) is 30.5 Å². The van der Waals surface area contributed by atoms with Crippen LogP contribution in [0.5, 0.6) is 0 Å². The number of carbonyl (C=O) groups excluding carboxylic acids is 1. The van der Waals surface area contributed by atoms with Gasteiger partial charge in [-0.3, -0.25) is 9.69 Å². The second-order valence-corrected chi connectivity index (χ2v) is 6.79. The Hall–Kier alpha value is -2.11. The Kier molecular flexibility index (Phi) is 4.85. The molecule has 0 saturated carbocycles. The van der Waals surface area contributed by atoms with Crippen LogP contribution in [0.1, 0.15) is 30.2 Å². The van der Waals surface area contributed by atoms with Gasteiger partial charge in [0.25, 0.3) is 5.91 Å². The number of amides is 1. The summed E-state index contributed by atoms with van der Waals surface area (Å²) in [6.45, 7) is 3.75. The normalized spacial score (nSPS) is 24.6. The van der Waals surface area contributed by atoms with Crippen molar-refractivity contribution in [3.05, 3.63) is 60.1 Å². The predicted molar refractivity (Wildman–Crippen MR) is 93.9 cm³/mol. The minimum atomic E-state index is -0.381. The minimum absolute atomic E-state index is 0.0515. The SMILES string of the molecule is O=C([C@H]1CN(Cc2ccccc2)CCO1)N1CCC[C@H]1c1ccco1. The molecular weight excluding hydrogens is 316 g/mol. The molecule has 0 unspecified atom stereocenters. The van der Waals surface area contributed by atoms with Crippen LogP contribution in [-0.2, 0) is 16.1 Å². The molecule has 0 bridgehead atoms. The summed E-state index contributed by atoms with van der Waals surface area (Å²) < 4.78 is 11.4. The van der Waals surface area contributed by atoms with E-state index in [0.29, 0.717) is 13.2 Å². The van der Waals surface area contributed by atoms with Crippen molar-refractivity contribution < 1.29 is 13.9 Å². The molecule has 25 heavy (non-hydrogen) atoms. The van der Waals surface area contributed by atoms with Gasteiger partial charge in [0.1, 0.15) is 11.9 Å². The van der Waals surface area contributed by atoms with Crippen molar-refractivity contribution in [1.82, 2.24) is 9.80 Å². The largest absolute Gasteiger partial charge is 0.467 e. The van der Waals surface area contributed by atoms with Gasteiger partial charge in [-0.1, -0.05) is 30.3 Å². The van der Waals surface area contributed by atoms with Crippen molar-refractivity contribution in [3.8, 4) is 0 Å². The monoisotopic (exact) mass is 340 g/mol. The average Bonchev–Trinajstić information content (AvgIpc) is 3.33. The smallest absolute Gasteiger partial charge is 0.253 e. The van der Waals surface area contributed by atoms with E-state index >= 15 is 0 Å². The van der Waals surface area contributed by atoms with Crippen molar-refractivity contribution >= 4 is 5.91 Å². The van der Waals surface area contributed by atoms with Crippen molar-refractivity contribution in [3.63, 3.8) is 0 Å². The van der Waals surface area contributed by atoms with Crippen molar-refractivity contribution in [2.75, 3.05) is 26.2 Å². The van der Waals surface area contributed by atoms with Crippen LogP contribution in [0.15, 0.2) is 53.1 Å². The number of furan rings is 1. The van der Waals surface area contributed by atoms with Gasteiger partial charge in [0, 0.05) is 26.2 Å². The van der Waals surface area contributed by atoms with E-state index in [4.69, 9.17) is 9.15 Å². The van der Waals surface area contributed by atoms with Crippen LogP contribution in [0.25, 0.3) is 0 Å². The highest BCUT2D eigenvalue weighted by molar-refractivity contribution is 5.82. The van der Waals surface area contributed by atoms with Gasteiger partial charge in [-0.2, -0.15) is 0 Å². The fourth-order valence-corrected chi connectivity index (χ4v) is 3.83. The molecule has 0 radical (unpaired) electrons. The summed E-state index contributed by atoms with van der Waals surface area (Å²) >= 11 is 0. The topological polar surface area (TPSA) is 45.9 Å². The third kappa shape index (κ3) is 3.62. The number of nitrogens with zero attached hydrogens (tertiary/aromatic N) is 2. The first-order chi connectivity index (χ1) is 12.3. The van der Waals surface area contributed by atoms with Crippen molar-refractivity contribution in [2.24, 2.45) is 0 Å². The van der Waals surface area contributed by atoms with E-state index in [-0.39, 0.29) is 18.1 Å². The number of hydrogen-bond acceptors (Lipinski definition) is 4. The molecule has 2 aliphatic rings. The number of hydrogen-bond donors (Lipinski definition) is 0. The van der Waals surface area contributed by atoms with E-state index in [1.54, 1.807) is 6.26 Å². The Bertz CT molecular complexity index is 686. The van der Waals surface area contributed by atoms with Gasteiger partial charge >= 0.3 is 0 Å². The summed E-state index contributed by atoms with van der Waals surface area (Å²) in [5, 5.41) is 0. The fraction of sp³-hybridized carbons (Fsp3) is 0.450. The zero-order valence-corrected chi connectivity index (χ0v) is 14.3. The summed E-state index contributed by atoms with van der Waals surface area (Å²) in [6, 6.07) is 14.3. The van der Waals surface area contributed by atoms with Crippen LogP contribution in [0.2, 0.25) is 0 Å². The molecule has 2 aliphatic heterocycles. The molecule has 0 spiro atoms. The predicted octanol–water partition coefficient (Wildman–Crippen LogP) is 2.84. The lowest BCUT2D eigenvalue weighted by Gasteiger charge is -2.35. The maximum atomic E-state index is 13.0. The zero-order chi connectivity index (χ0) is 17.1. The third-order valence-corrected chi connectivity index (χ3v) is 5.08. The van der Waals surface area contributed by atoms with E-state index in [9.17, 15) is 4.79 Å². The average molecular weight is 340 g/mol. The second kappa shape index (κ2) is 7.42. The number of likely N-dealkylation sites (tertiary alicyclic amines) is 1. The lowest BCUT2D eigenvalue weighted by atomic mass is 10.1. The number of benzene rings is 1. The van der Waals surface area contributed by atoms with E-state index in [1.165, 1.54) is 5.56 Å². The van der Waals surface area contributed by atoms with Crippen molar-refractivity contribution in [2.45, 2.75) is 31.5 Å². The molecule has 5 nitrogen and oxygen atoms in total. The molecule has 2 aromatic rings. The number of rotatable bonds is 4. The lowest BCUT2D eigenvalue weighted by molar-refractivity contribution is -0.151. The van der Waals surface area contributed by atoms with Crippen molar-refractivity contribution in [1.29, 1.82) is 0 Å². The Morgan fingerprint density at radius 2 is 2.00 bits per heavy atom. The number of morpholine rings is 1. The molecular formula is C20H24N2O3. The first-order valence-electron chi connectivity index (χ1n) is 9.03. The van der Waals surface area contributed by atoms with E-state index in [1.807, 2.05) is 23.1 Å². The highest BCUT2D eigenvalue weighted by Gasteiger charge is 2.37. The van der Waals surface area contributed by atoms with Gasteiger partial charge in [-0.15, -0.1) is 0 Å². The molecule has 2 fully saturated rings. The molecule has 4 rings (SSSR count). The fourth-order valence-electron chi connectivity index (χ4n) is 3.83. The Balaban J connectivity index is 1.41. The summed E-state index contributed by atoms with van der Waals surface area (Å²) in [4.78, 5) is 17.3. The molecule has 132 valence electrons. The summed E-state index contributed by atoms with van der Waals surface area (Å²) in [6.07, 6.45) is 3.26. The van der Waals surface area contributed by atoms with Crippen LogP contribution >= 0.6 is 0 Å². The third-order valence-electron chi connectivity index (χ3n) is 5.08. The molecule has 1 aromatic carbocycles. The second-order valence-electron chi connectivity index (χ2n) is 6.79. The first kappa shape index (κ1) is 16.4. The number of ether oxygens (including phenoxy) is 1. The Labute approximate surface area is 148 Å². The van der Waals surface area contributed by atoms with Crippen LogP contribution < -0.4 is 0 Å². The first-order valence-corrected chi connectivity index (χ1v) is 9.03. The number of carbonyl (C=O) groups is 1. The van der Waals surface area contributed by atoms with Crippen LogP contribution in [0.3, 0.4) is 0 Å². The van der Waals surface area contributed by atoms with E-state index < -0.39 is 0 Å². The molecule has 1 aromatic heterocycles. The highest BCUT2D eigenvalue weighted by atomic mass is 16.5. The van der Waals surface area contributed by atoms with Crippen LogP contribution in [0, 0.1) is 0 Å².